The molecule has 0 radical (unpaired) electrons. The summed E-state index contributed by atoms with van der Waals surface area (Å²) in [6.07, 6.45) is 0. The average Bonchev–Trinajstić information content (AvgIpc) is 2.64. The molecule has 0 amide bonds. The lowest BCUT2D eigenvalue weighted by molar-refractivity contribution is -0.136. The number of carbonyl (C=O) groups excluding carboxylic acids is 3. The molecule has 0 bridgehead atoms. The normalized spacial score (nSPS) is 10.1. The minimum absolute atomic E-state index is 0.00678. The lowest BCUT2D eigenvalue weighted by atomic mass is 10.1. The molecule has 7 heteroatoms. The molecule has 0 N–H and O–H groups in total. The number of aryl methyl sites for hydroxylation is 2. The number of methoxy groups -OCH3 is 2. The largest absolute Gasteiger partial charge is 0.482 e. The van der Waals surface area contributed by atoms with E-state index in [4.69, 9.17) is 9.47 Å². The molecule has 0 fully saturated rings. The van der Waals surface area contributed by atoms with Crippen LogP contribution >= 0.6 is 0 Å². The third-order valence-corrected chi connectivity index (χ3v) is 3.53. The molecule has 0 aliphatic carbocycles. The lowest BCUT2D eigenvalue weighted by Gasteiger charge is -2.10. The van der Waals surface area contributed by atoms with Crippen LogP contribution in [0.25, 0.3) is 0 Å². The van der Waals surface area contributed by atoms with Crippen molar-refractivity contribution in [2.45, 2.75) is 13.8 Å². The van der Waals surface area contributed by atoms with Gasteiger partial charge in [-0.05, 0) is 55.3 Å². The number of benzene rings is 2. The zero-order valence-corrected chi connectivity index (χ0v) is 15.5. The first-order valence-electron chi connectivity index (χ1n) is 8.06. The highest BCUT2D eigenvalue weighted by Gasteiger charge is 2.16. The number of ether oxygens (including phenoxy) is 4. The summed E-state index contributed by atoms with van der Waals surface area (Å²) in [6.45, 7) is 3.51. The van der Waals surface area contributed by atoms with Crippen LogP contribution in [0.4, 0.5) is 0 Å². The van der Waals surface area contributed by atoms with Crippen molar-refractivity contribution in [1.29, 1.82) is 0 Å². The van der Waals surface area contributed by atoms with Crippen LogP contribution in [0, 0.1) is 13.8 Å². The highest BCUT2D eigenvalue weighted by atomic mass is 16.6. The van der Waals surface area contributed by atoms with E-state index in [-0.39, 0.29) is 23.5 Å². The SMILES string of the molecule is COC(=O)c1cc(OC(=O)COc2cc(C)cc(C)c2)cc(C(=O)OC)c1. The highest BCUT2D eigenvalue weighted by Crippen LogP contribution is 2.20. The van der Waals surface area contributed by atoms with Gasteiger partial charge < -0.3 is 18.9 Å². The summed E-state index contributed by atoms with van der Waals surface area (Å²) < 4.78 is 19.9. The fourth-order valence-corrected chi connectivity index (χ4v) is 2.45. The third kappa shape index (κ3) is 5.57. The van der Waals surface area contributed by atoms with Crippen molar-refractivity contribution in [3.05, 3.63) is 58.7 Å². The standard InChI is InChI=1S/C20H20O7/c1-12-5-13(2)7-16(6-12)26-11-18(21)27-17-9-14(19(22)24-3)8-15(10-17)20(23)25-4/h5-10H,11H2,1-4H3. The Labute approximate surface area is 156 Å². The van der Waals surface area contributed by atoms with E-state index < -0.39 is 17.9 Å². The summed E-state index contributed by atoms with van der Waals surface area (Å²) in [7, 11) is 2.41. The van der Waals surface area contributed by atoms with Crippen molar-refractivity contribution in [3.8, 4) is 11.5 Å². The maximum Gasteiger partial charge on any atom is 0.349 e. The van der Waals surface area contributed by atoms with Crippen LogP contribution in [-0.4, -0.2) is 38.7 Å². The van der Waals surface area contributed by atoms with Crippen LogP contribution in [0.1, 0.15) is 31.8 Å². The molecule has 0 atom stereocenters. The first-order valence-corrected chi connectivity index (χ1v) is 8.06. The van der Waals surface area contributed by atoms with E-state index >= 15 is 0 Å². The second-order valence-corrected chi connectivity index (χ2v) is 5.82. The van der Waals surface area contributed by atoms with Crippen LogP contribution < -0.4 is 9.47 Å². The van der Waals surface area contributed by atoms with E-state index in [0.717, 1.165) is 11.1 Å². The monoisotopic (exact) mass is 372 g/mol. The molecule has 142 valence electrons. The van der Waals surface area contributed by atoms with Gasteiger partial charge in [-0.25, -0.2) is 14.4 Å². The first kappa shape index (κ1) is 20.0. The second-order valence-electron chi connectivity index (χ2n) is 5.82. The van der Waals surface area contributed by atoms with Gasteiger partial charge in [-0.3, -0.25) is 0 Å². The summed E-state index contributed by atoms with van der Waals surface area (Å²) in [4.78, 5) is 35.6. The molecule has 0 saturated carbocycles. The summed E-state index contributed by atoms with van der Waals surface area (Å²) in [5, 5.41) is 0. The van der Waals surface area contributed by atoms with Crippen molar-refractivity contribution >= 4 is 17.9 Å². The van der Waals surface area contributed by atoms with Gasteiger partial charge in [0.05, 0.1) is 25.3 Å². The number of carbonyl (C=O) groups is 3. The average molecular weight is 372 g/mol. The zero-order chi connectivity index (χ0) is 20.0. The van der Waals surface area contributed by atoms with Crippen LogP contribution in [0.15, 0.2) is 36.4 Å². The van der Waals surface area contributed by atoms with Crippen molar-refractivity contribution in [3.63, 3.8) is 0 Å². The number of hydrogen-bond donors (Lipinski definition) is 0. The Hall–Kier alpha value is -3.35. The summed E-state index contributed by atoms with van der Waals surface area (Å²) in [5.41, 5.74) is 2.12. The lowest BCUT2D eigenvalue weighted by Crippen LogP contribution is -2.18. The maximum atomic E-state index is 12.1. The van der Waals surface area contributed by atoms with Crippen LogP contribution in [0.2, 0.25) is 0 Å². The smallest absolute Gasteiger partial charge is 0.349 e. The molecule has 0 spiro atoms. The van der Waals surface area contributed by atoms with Gasteiger partial charge in [0.1, 0.15) is 11.5 Å². The van der Waals surface area contributed by atoms with Crippen molar-refractivity contribution in [1.82, 2.24) is 0 Å². The van der Waals surface area contributed by atoms with E-state index in [0.29, 0.717) is 5.75 Å². The Kier molecular flexibility index (Phi) is 6.54. The van der Waals surface area contributed by atoms with E-state index in [1.807, 2.05) is 19.9 Å². The summed E-state index contributed by atoms with van der Waals surface area (Å²) in [5.74, 6) is -1.49. The molecule has 27 heavy (non-hydrogen) atoms. The van der Waals surface area contributed by atoms with Gasteiger partial charge in [0.2, 0.25) is 0 Å². The quantitative estimate of drug-likeness (QED) is 0.569. The molecule has 0 saturated heterocycles. The van der Waals surface area contributed by atoms with Gasteiger partial charge in [0, 0.05) is 0 Å². The molecule has 0 aliphatic rings. The Morgan fingerprint density at radius 3 is 1.74 bits per heavy atom. The molecule has 2 rings (SSSR count). The summed E-state index contributed by atoms with van der Waals surface area (Å²) >= 11 is 0. The van der Waals surface area contributed by atoms with Crippen molar-refractivity contribution in [2.24, 2.45) is 0 Å². The van der Waals surface area contributed by atoms with E-state index in [2.05, 4.69) is 9.47 Å². The molecular formula is C20H20O7. The van der Waals surface area contributed by atoms with E-state index in [9.17, 15) is 14.4 Å². The minimum atomic E-state index is -0.688. The van der Waals surface area contributed by atoms with Gasteiger partial charge in [-0.1, -0.05) is 6.07 Å². The molecule has 0 aliphatic heterocycles. The molecule has 2 aromatic rings. The van der Waals surface area contributed by atoms with Crippen LogP contribution in [-0.2, 0) is 14.3 Å². The van der Waals surface area contributed by atoms with Crippen LogP contribution in [0.3, 0.4) is 0 Å². The molecule has 0 heterocycles. The first-order chi connectivity index (χ1) is 12.8. The predicted octanol–water partition coefficient (Wildman–Crippen LogP) is 2.86. The van der Waals surface area contributed by atoms with Gasteiger partial charge in [-0.15, -0.1) is 0 Å². The Morgan fingerprint density at radius 2 is 1.26 bits per heavy atom. The Balaban J connectivity index is 2.13. The van der Waals surface area contributed by atoms with E-state index in [1.165, 1.54) is 32.4 Å². The van der Waals surface area contributed by atoms with E-state index in [1.54, 1.807) is 12.1 Å². The summed E-state index contributed by atoms with van der Waals surface area (Å²) in [6, 6.07) is 9.47. The van der Waals surface area contributed by atoms with Gasteiger partial charge in [0.15, 0.2) is 6.61 Å². The van der Waals surface area contributed by atoms with Gasteiger partial charge >= 0.3 is 17.9 Å². The van der Waals surface area contributed by atoms with Crippen molar-refractivity contribution < 1.29 is 33.3 Å². The number of rotatable bonds is 6. The van der Waals surface area contributed by atoms with Gasteiger partial charge in [-0.2, -0.15) is 0 Å². The fraction of sp³-hybridized carbons (Fsp3) is 0.250. The molecular weight excluding hydrogens is 352 g/mol. The van der Waals surface area contributed by atoms with Gasteiger partial charge in [0.25, 0.3) is 0 Å². The number of hydrogen-bond acceptors (Lipinski definition) is 7. The topological polar surface area (TPSA) is 88.1 Å². The molecule has 0 aromatic heterocycles. The molecule has 7 nitrogen and oxygen atoms in total. The Morgan fingerprint density at radius 1 is 0.741 bits per heavy atom. The van der Waals surface area contributed by atoms with Crippen molar-refractivity contribution in [2.75, 3.05) is 20.8 Å². The number of esters is 3. The predicted molar refractivity (Wildman–Crippen MR) is 96.2 cm³/mol. The molecule has 0 unspecified atom stereocenters. The highest BCUT2D eigenvalue weighted by molar-refractivity contribution is 5.96. The Bertz CT molecular complexity index is 816. The fourth-order valence-electron chi connectivity index (χ4n) is 2.45. The minimum Gasteiger partial charge on any atom is -0.482 e. The third-order valence-electron chi connectivity index (χ3n) is 3.53. The second kappa shape index (κ2) is 8.84. The molecule has 2 aromatic carbocycles. The zero-order valence-electron chi connectivity index (χ0n) is 15.5. The maximum absolute atomic E-state index is 12.1. The van der Waals surface area contributed by atoms with Crippen LogP contribution in [0.5, 0.6) is 11.5 Å².